The van der Waals surface area contributed by atoms with Crippen molar-refractivity contribution in [3.05, 3.63) is 30.4 Å². The summed E-state index contributed by atoms with van der Waals surface area (Å²) in [6.07, 6.45) is 2.81. The normalized spacial score (nSPS) is 9.89. The third-order valence-electron chi connectivity index (χ3n) is 2.10. The number of nitrogens with one attached hydrogen (secondary N) is 1. The number of furan rings is 1. The van der Waals surface area contributed by atoms with E-state index in [-0.39, 0.29) is 17.7 Å². The zero-order valence-corrected chi connectivity index (χ0v) is 9.84. The summed E-state index contributed by atoms with van der Waals surface area (Å²) in [5.41, 5.74) is 0.333. The van der Waals surface area contributed by atoms with E-state index in [0.29, 0.717) is 5.69 Å². The van der Waals surface area contributed by atoms with Crippen molar-refractivity contribution >= 4 is 11.6 Å². The Hall–Kier alpha value is -2.57. The molecule has 0 aliphatic heterocycles. The molecule has 0 unspecified atom stereocenters. The van der Waals surface area contributed by atoms with Crippen molar-refractivity contribution in [2.45, 2.75) is 0 Å². The highest BCUT2D eigenvalue weighted by Gasteiger charge is 2.14. The number of nitrogens with zero attached hydrogens (tertiary/aromatic N) is 2. The predicted molar refractivity (Wildman–Crippen MR) is 61.8 cm³/mol. The van der Waals surface area contributed by atoms with Crippen LogP contribution in [0.4, 0.5) is 5.69 Å². The second-order valence-electron chi connectivity index (χ2n) is 3.21. The van der Waals surface area contributed by atoms with Crippen LogP contribution in [-0.2, 0) is 0 Å². The second kappa shape index (κ2) is 5.17. The van der Waals surface area contributed by atoms with Gasteiger partial charge in [-0.3, -0.25) is 4.79 Å². The molecule has 2 aromatic heterocycles. The van der Waals surface area contributed by atoms with Crippen molar-refractivity contribution < 1.29 is 18.7 Å². The van der Waals surface area contributed by atoms with Gasteiger partial charge in [0, 0.05) is 0 Å². The molecule has 0 saturated carbocycles. The number of hydrogen-bond acceptors (Lipinski definition) is 6. The Morgan fingerprint density at radius 2 is 2.22 bits per heavy atom. The Bertz CT molecular complexity index is 539. The van der Waals surface area contributed by atoms with E-state index < -0.39 is 5.91 Å². The van der Waals surface area contributed by atoms with E-state index in [2.05, 4.69) is 15.3 Å². The Labute approximate surface area is 103 Å². The zero-order chi connectivity index (χ0) is 13.0. The quantitative estimate of drug-likeness (QED) is 0.879. The largest absolute Gasteiger partial charge is 0.479 e. The average molecular weight is 249 g/mol. The van der Waals surface area contributed by atoms with Crippen LogP contribution in [0.5, 0.6) is 11.9 Å². The first-order valence-electron chi connectivity index (χ1n) is 5.04. The molecule has 7 nitrogen and oxygen atoms in total. The molecule has 2 aromatic rings. The molecule has 2 heterocycles. The van der Waals surface area contributed by atoms with Crippen LogP contribution in [0.25, 0.3) is 0 Å². The molecule has 0 fully saturated rings. The molecular weight excluding hydrogens is 238 g/mol. The van der Waals surface area contributed by atoms with Crippen LogP contribution in [0, 0.1) is 0 Å². The average Bonchev–Trinajstić information content (AvgIpc) is 2.93. The smallest absolute Gasteiger partial charge is 0.319 e. The van der Waals surface area contributed by atoms with E-state index >= 15 is 0 Å². The van der Waals surface area contributed by atoms with Gasteiger partial charge in [-0.05, 0) is 12.1 Å². The number of hydrogen-bond donors (Lipinski definition) is 1. The molecule has 0 saturated heterocycles. The standard InChI is InChI=1S/C11H11N3O4/c1-16-10-7(6-12-11(14-10)17-2)13-9(15)8-4-3-5-18-8/h3-6H,1-2H3,(H,13,15). The van der Waals surface area contributed by atoms with Crippen LogP contribution in [0.2, 0.25) is 0 Å². The number of carbonyl (C=O) groups excluding carboxylic acids is 1. The fourth-order valence-corrected chi connectivity index (χ4v) is 1.28. The Kier molecular flexibility index (Phi) is 3.42. The lowest BCUT2D eigenvalue weighted by atomic mass is 10.4. The van der Waals surface area contributed by atoms with E-state index in [9.17, 15) is 4.79 Å². The highest BCUT2D eigenvalue weighted by atomic mass is 16.5. The Morgan fingerprint density at radius 3 is 2.83 bits per heavy atom. The van der Waals surface area contributed by atoms with Crippen molar-refractivity contribution in [2.75, 3.05) is 19.5 Å². The summed E-state index contributed by atoms with van der Waals surface area (Å²) in [4.78, 5) is 19.6. The zero-order valence-electron chi connectivity index (χ0n) is 9.84. The van der Waals surface area contributed by atoms with E-state index in [1.165, 1.54) is 26.7 Å². The minimum atomic E-state index is -0.410. The van der Waals surface area contributed by atoms with Crippen molar-refractivity contribution in [1.82, 2.24) is 9.97 Å². The van der Waals surface area contributed by atoms with Crippen molar-refractivity contribution in [1.29, 1.82) is 0 Å². The van der Waals surface area contributed by atoms with Crippen LogP contribution >= 0.6 is 0 Å². The molecule has 0 spiro atoms. The third-order valence-corrected chi connectivity index (χ3v) is 2.10. The monoisotopic (exact) mass is 249 g/mol. The van der Waals surface area contributed by atoms with Gasteiger partial charge >= 0.3 is 6.01 Å². The molecule has 1 N–H and O–H groups in total. The summed E-state index contributed by atoms with van der Waals surface area (Å²) >= 11 is 0. The van der Waals surface area contributed by atoms with Gasteiger partial charge in [0.05, 0.1) is 26.7 Å². The minimum absolute atomic E-state index is 0.155. The van der Waals surface area contributed by atoms with Gasteiger partial charge in [-0.2, -0.15) is 4.98 Å². The summed E-state index contributed by atoms with van der Waals surface area (Å²) in [5, 5.41) is 2.58. The molecule has 18 heavy (non-hydrogen) atoms. The maximum absolute atomic E-state index is 11.8. The first kappa shape index (κ1) is 11.9. The van der Waals surface area contributed by atoms with Gasteiger partial charge in [-0.15, -0.1) is 0 Å². The van der Waals surface area contributed by atoms with Crippen molar-refractivity contribution in [3.8, 4) is 11.9 Å². The van der Waals surface area contributed by atoms with Gasteiger partial charge in [0.1, 0.15) is 5.69 Å². The topological polar surface area (TPSA) is 86.5 Å². The Morgan fingerprint density at radius 1 is 1.39 bits per heavy atom. The number of carbonyl (C=O) groups is 1. The molecule has 0 atom stereocenters. The summed E-state index contributed by atoms with van der Waals surface area (Å²) in [6, 6.07) is 3.32. The summed E-state index contributed by atoms with van der Waals surface area (Å²) in [5.74, 6) is -0.0123. The van der Waals surface area contributed by atoms with Gasteiger partial charge in [0.15, 0.2) is 5.76 Å². The van der Waals surface area contributed by atoms with Crippen LogP contribution in [-0.4, -0.2) is 30.1 Å². The number of anilines is 1. The van der Waals surface area contributed by atoms with Gasteiger partial charge in [0.2, 0.25) is 5.88 Å². The van der Waals surface area contributed by atoms with Gasteiger partial charge in [-0.1, -0.05) is 0 Å². The SMILES string of the molecule is COc1ncc(NC(=O)c2ccco2)c(OC)n1. The molecule has 0 bridgehead atoms. The maximum atomic E-state index is 11.8. The molecule has 0 aliphatic carbocycles. The highest BCUT2D eigenvalue weighted by molar-refractivity contribution is 6.02. The molecular formula is C11H11N3O4. The fraction of sp³-hybridized carbons (Fsp3) is 0.182. The fourth-order valence-electron chi connectivity index (χ4n) is 1.28. The lowest BCUT2D eigenvalue weighted by molar-refractivity contribution is 0.0996. The molecule has 0 aromatic carbocycles. The number of methoxy groups -OCH3 is 2. The van der Waals surface area contributed by atoms with Gasteiger partial charge in [0.25, 0.3) is 5.91 Å². The van der Waals surface area contributed by atoms with E-state index in [4.69, 9.17) is 13.9 Å². The van der Waals surface area contributed by atoms with Crippen LogP contribution in [0.15, 0.2) is 29.0 Å². The number of amides is 1. The molecule has 7 heteroatoms. The van der Waals surface area contributed by atoms with Crippen molar-refractivity contribution in [2.24, 2.45) is 0 Å². The lowest BCUT2D eigenvalue weighted by Gasteiger charge is -2.08. The van der Waals surface area contributed by atoms with Crippen molar-refractivity contribution in [3.63, 3.8) is 0 Å². The number of aromatic nitrogens is 2. The van der Waals surface area contributed by atoms with E-state index in [0.717, 1.165) is 0 Å². The highest BCUT2D eigenvalue weighted by Crippen LogP contribution is 2.23. The van der Waals surface area contributed by atoms with Gasteiger partial charge in [-0.25, -0.2) is 4.98 Å². The minimum Gasteiger partial charge on any atom is -0.479 e. The summed E-state index contributed by atoms with van der Waals surface area (Å²) in [7, 11) is 2.88. The molecule has 2 rings (SSSR count). The molecule has 0 radical (unpaired) electrons. The first-order valence-corrected chi connectivity index (χ1v) is 5.04. The van der Waals surface area contributed by atoms with E-state index in [1.54, 1.807) is 12.1 Å². The second-order valence-corrected chi connectivity index (χ2v) is 3.21. The lowest BCUT2D eigenvalue weighted by Crippen LogP contribution is -2.12. The molecule has 1 amide bonds. The summed E-state index contributed by atoms with van der Waals surface area (Å²) < 4.78 is 14.9. The predicted octanol–water partition coefficient (Wildman–Crippen LogP) is 1.34. The Balaban J connectivity index is 2.21. The van der Waals surface area contributed by atoms with E-state index in [1.807, 2.05) is 0 Å². The number of rotatable bonds is 4. The first-order chi connectivity index (χ1) is 8.74. The number of ether oxygens (including phenoxy) is 2. The van der Waals surface area contributed by atoms with Gasteiger partial charge < -0.3 is 19.2 Å². The molecule has 0 aliphatic rings. The maximum Gasteiger partial charge on any atom is 0.319 e. The third kappa shape index (κ3) is 2.40. The van der Waals surface area contributed by atoms with Crippen LogP contribution < -0.4 is 14.8 Å². The van der Waals surface area contributed by atoms with Crippen LogP contribution in [0.3, 0.4) is 0 Å². The summed E-state index contributed by atoms with van der Waals surface area (Å²) in [6.45, 7) is 0. The molecule has 94 valence electrons. The van der Waals surface area contributed by atoms with Crippen LogP contribution in [0.1, 0.15) is 10.6 Å².